The number of fused-ring (bicyclic) bond motifs is 1. The van der Waals surface area contributed by atoms with E-state index in [-0.39, 0.29) is 15.7 Å². The molecule has 1 heterocycles. The van der Waals surface area contributed by atoms with E-state index < -0.39 is 15.4 Å². The highest BCUT2D eigenvalue weighted by Crippen LogP contribution is 2.51. The number of para-hydroxylation sites is 1. The first-order chi connectivity index (χ1) is 26.8. The smallest absolute Gasteiger partial charge is 0.260 e. The summed E-state index contributed by atoms with van der Waals surface area (Å²) in [6.07, 6.45) is 0. The summed E-state index contributed by atoms with van der Waals surface area (Å²) in [5.74, 6) is 3.33. The summed E-state index contributed by atoms with van der Waals surface area (Å²) >= 11 is 0. The number of carbonyl (C=O) groups excluding carboxylic acids is 1. The van der Waals surface area contributed by atoms with Gasteiger partial charge in [0.1, 0.15) is 40.0 Å². The highest BCUT2D eigenvalue weighted by molar-refractivity contribution is 7.91. The predicted molar refractivity (Wildman–Crippen MR) is 210 cm³/mol. The van der Waals surface area contributed by atoms with Crippen LogP contribution in [0.2, 0.25) is 0 Å². The Morgan fingerprint density at radius 2 is 0.945 bits per heavy atom. The Balaban J connectivity index is 1.07. The fourth-order valence-corrected chi connectivity index (χ4v) is 8.31. The molecule has 0 spiro atoms. The van der Waals surface area contributed by atoms with Gasteiger partial charge in [-0.25, -0.2) is 8.42 Å². The van der Waals surface area contributed by atoms with Gasteiger partial charge in [-0.2, -0.15) is 0 Å². The molecule has 0 saturated carbocycles. The molecule has 272 valence electrons. The highest BCUT2D eigenvalue weighted by Gasteiger charge is 2.52. The van der Waals surface area contributed by atoms with Gasteiger partial charge in [-0.05, 0) is 120 Å². The van der Waals surface area contributed by atoms with Crippen molar-refractivity contribution in [3.05, 3.63) is 198 Å². The number of anilines is 1. The van der Waals surface area contributed by atoms with Crippen LogP contribution in [-0.2, 0) is 15.4 Å². The zero-order valence-corrected chi connectivity index (χ0v) is 30.8. The van der Waals surface area contributed by atoms with Crippen LogP contribution in [0.3, 0.4) is 0 Å². The second-order valence-electron chi connectivity index (χ2n) is 12.8. The fourth-order valence-electron chi connectivity index (χ4n) is 7.05. The van der Waals surface area contributed by atoms with Crippen LogP contribution < -0.4 is 23.8 Å². The van der Waals surface area contributed by atoms with Crippen LogP contribution in [0, 0.1) is 0 Å². The van der Waals surface area contributed by atoms with E-state index in [1.807, 2.05) is 120 Å². The standard InChI is InChI=1S/C46H35NO7S/c1-51-35-19-15-32(16-20-35)46(44-14-7-6-13-43(44)45(48)47(46)34-9-4-3-5-10-34)33-17-21-36(22-18-33)53-37-23-27-41(28-24-37)55(49,50)42-29-25-38(26-30-42)54-40-12-8-11-39(31-40)52-2/h3-31H,1-2H3. The first kappa shape index (κ1) is 35.2. The van der Waals surface area contributed by atoms with E-state index >= 15 is 0 Å². The fraction of sp³-hybridized carbons (Fsp3) is 0.0652. The topological polar surface area (TPSA) is 91.4 Å². The van der Waals surface area contributed by atoms with Crippen LogP contribution in [0.1, 0.15) is 27.0 Å². The Labute approximate surface area is 319 Å². The molecule has 7 aromatic rings. The van der Waals surface area contributed by atoms with Crippen molar-refractivity contribution in [3.8, 4) is 34.5 Å². The number of ether oxygens (including phenoxy) is 4. The van der Waals surface area contributed by atoms with Crippen molar-refractivity contribution in [2.45, 2.75) is 15.3 Å². The van der Waals surface area contributed by atoms with Gasteiger partial charge in [-0.3, -0.25) is 9.69 Å². The van der Waals surface area contributed by atoms with Crippen molar-refractivity contribution >= 4 is 21.4 Å². The van der Waals surface area contributed by atoms with Crippen LogP contribution in [0.15, 0.2) is 186 Å². The quantitative estimate of drug-likeness (QED) is 0.130. The minimum atomic E-state index is -3.81. The minimum Gasteiger partial charge on any atom is -0.497 e. The van der Waals surface area contributed by atoms with Crippen LogP contribution >= 0.6 is 0 Å². The zero-order valence-electron chi connectivity index (χ0n) is 30.0. The molecular weight excluding hydrogens is 711 g/mol. The van der Waals surface area contributed by atoms with Gasteiger partial charge in [0.25, 0.3) is 5.91 Å². The summed E-state index contributed by atoms with van der Waals surface area (Å²) in [6.45, 7) is 0. The lowest BCUT2D eigenvalue weighted by Crippen LogP contribution is -2.46. The number of methoxy groups -OCH3 is 2. The Bertz CT molecular complexity index is 2580. The van der Waals surface area contributed by atoms with E-state index in [0.717, 1.165) is 22.4 Å². The molecule has 8 rings (SSSR count). The molecule has 1 unspecified atom stereocenters. The molecule has 0 saturated heterocycles. The van der Waals surface area contributed by atoms with Crippen molar-refractivity contribution in [1.82, 2.24) is 0 Å². The number of benzene rings is 7. The zero-order chi connectivity index (χ0) is 38.0. The van der Waals surface area contributed by atoms with Crippen molar-refractivity contribution < 1.29 is 32.2 Å². The molecule has 0 bridgehead atoms. The first-order valence-corrected chi connectivity index (χ1v) is 19.0. The second-order valence-corrected chi connectivity index (χ2v) is 14.8. The Morgan fingerprint density at radius 1 is 0.473 bits per heavy atom. The Morgan fingerprint density at radius 3 is 1.51 bits per heavy atom. The summed E-state index contributed by atoms with van der Waals surface area (Å²) in [5.41, 5.74) is 2.98. The molecule has 0 aromatic heterocycles. The maximum atomic E-state index is 14.3. The SMILES string of the molecule is COc1ccc(C2(c3ccc(Oc4ccc(S(=O)(=O)c5ccc(Oc6cccc(OC)c6)cc5)cc4)cc3)c3ccccc3C(=O)N2c2ccccc2)cc1. The van der Waals surface area contributed by atoms with Gasteiger partial charge in [0, 0.05) is 17.3 Å². The third-order valence-corrected chi connectivity index (χ3v) is 11.4. The van der Waals surface area contributed by atoms with Gasteiger partial charge in [0.2, 0.25) is 9.84 Å². The molecule has 55 heavy (non-hydrogen) atoms. The van der Waals surface area contributed by atoms with Crippen molar-refractivity contribution in [3.63, 3.8) is 0 Å². The highest BCUT2D eigenvalue weighted by atomic mass is 32.2. The summed E-state index contributed by atoms with van der Waals surface area (Å²) < 4.78 is 49.8. The molecule has 0 fully saturated rings. The molecule has 9 heteroatoms. The van der Waals surface area contributed by atoms with Crippen molar-refractivity contribution in [2.24, 2.45) is 0 Å². The number of hydrogen-bond acceptors (Lipinski definition) is 7. The Hall–Kier alpha value is -6.84. The molecule has 8 nitrogen and oxygen atoms in total. The minimum absolute atomic E-state index is 0.106. The lowest BCUT2D eigenvalue weighted by Gasteiger charge is -2.40. The monoisotopic (exact) mass is 745 g/mol. The molecule has 0 N–H and O–H groups in total. The van der Waals surface area contributed by atoms with E-state index in [2.05, 4.69) is 0 Å². The van der Waals surface area contributed by atoms with Gasteiger partial charge in [-0.15, -0.1) is 0 Å². The number of rotatable bonds is 11. The van der Waals surface area contributed by atoms with Gasteiger partial charge in [0.15, 0.2) is 0 Å². The average Bonchev–Trinajstić information content (AvgIpc) is 3.50. The first-order valence-electron chi connectivity index (χ1n) is 17.5. The summed E-state index contributed by atoms with van der Waals surface area (Å²) in [4.78, 5) is 16.4. The lowest BCUT2D eigenvalue weighted by atomic mass is 9.76. The molecular formula is C46H35NO7S. The maximum absolute atomic E-state index is 14.3. The largest absolute Gasteiger partial charge is 0.497 e. The lowest BCUT2D eigenvalue weighted by molar-refractivity contribution is 0.0986. The number of amides is 1. The van der Waals surface area contributed by atoms with Crippen LogP contribution in [0.25, 0.3) is 0 Å². The molecule has 1 aliphatic rings. The van der Waals surface area contributed by atoms with E-state index in [1.165, 1.54) is 24.3 Å². The van der Waals surface area contributed by atoms with Crippen LogP contribution in [-0.4, -0.2) is 28.5 Å². The number of sulfone groups is 1. The average molecular weight is 746 g/mol. The Kier molecular flexibility index (Phi) is 9.30. The molecule has 7 aromatic carbocycles. The summed E-state index contributed by atoms with van der Waals surface area (Å²) in [5, 5.41) is 0. The normalized spacial score (nSPS) is 14.9. The molecule has 0 aliphatic carbocycles. The van der Waals surface area contributed by atoms with Gasteiger partial charge in [-0.1, -0.05) is 66.7 Å². The van der Waals surface area contributed by atoms with Crippen molar-refractivity contribution in [2.75, 3.05) is 19.1 Å². The van der Waals surface area contributed by atoms with Crippen molar-refractivity contribution in [1.29, 1.82) is 0 Å². The van der Waals surface area contributed by atoms with E-state index in [0.29, 0.717) is 40.1 Å². The molecule has 1 amide bonds. The summed E-state index contributed by atoms with van der Waals surface area (Å²) in [6, 6.07) is 52.5. The molecule has 1 atom stereocenters. The third-order valence-electron chi connectivity index (χ3n) is 9.66. The number of nitrogens with zero attached hydrogens (tertiary/aromatic N) is 1. The van der Waals surface area contributed by atoms with Crippen LogP contribution in [0.5, 0.6) is 34.5 Å². The predicted octanol–water partition coefficient (Wildman–Crippen LogP) is 10.1. The van der Waals surface area contributed by atoms with E-state index in [1.54, 1.807) is 50.6 Å². The summed E-state index contributed by atoms with van der Waals surface area (Å²) in [7, 11) is -0.607. The molecule has 1 aliphatic heterocycles. The van der Waals surface area contributed by atoms with E-state index in [4.69, 9.17) is 18.9 Å². The van der Waals surface area contributed by atoms with Crippen LogP contribution in [0.4, 0.5) is 5.69 Å². The van der Waals surface area contributed by atoms with Gasteiger partial charge < -0.3 is 18.9 Å². The molecule has 0 radical (unpaired) electrons. The van der Waals surface area contributed by atoms with Gasteiger partial charge in [0.05, 0.1) is 24.0 Å². The second kappa shape index (κ2) is 14.5. The maximum Gasteiger partial charge on any atom is 0.260 e. The van der Waals surface area contributed by atoms with E-state index in [9.17, 15) is 13.2 Å². The number of carbonyl (C=O) groups is 1. The third kappa shape index (κ3) is 6.45. The van der Waals surface area contributed by atoms with Gasteiger partial charge >= 0.3 is 0 Å². The number of hydrogen-bond donors (Lipinski definition) is 0.